The molecule has 0 bridgehead atoms. The minimum atomic E-state index is -3.64. The Morgan fingerprint density at radius 3 is 2.48 bits per heavy atom. The molecule has 0 radical (unpaired) electrons. The Labute approximate surface area is 172 Å². The van der Waals surface area contributed by atoms with Gasteiger partial charge in [-0.3, -0.25) is 4.79 Å². The number of carbonyl (C=O) groups is 1. The lowest BCUT2D eigenvalue weighted by Gasteiger charge is -2.26. The molecule has 0 aliphatic carbocycles. The lowest BCUT2D eigenvalue weighted by atomic mass is 9.99. The summed E-state index contributed by atoms with van der Waals surface area (Å²) < 4.78 is 32.4. The highest BCUT2D eigenvalue weighted by Crippen LogP contribution is 2.22. The Bertz CT molecular complexity index is 982. The van der Waals surface area contributed by atoms with Gasteiger partial charge in [-0.15, -0.1) is 0 Å². The third kappa shape index (κ3) is 4.86. The quantitative estimate of drug-likeness (QED) is 0.785. The Morgan fingerprint density at radius 1 is 1.10 bits per heavy atom. The SMILES string of the molecule is CCC(NC(=O)c1cccc(S(=O)(=O)N2CCOCC2)c1)c1ccc(C)c(C)c1. The molecule has 6 nitrogen and oxygen atoms in total. The van der Waals surface area contributed by atoms with E-state index in [1.165, 1.54) is 27.6 Å². The predicted molar refractivity (Wildman–Crippen MR) is 112 cm³/mol. The smallest absolute Gasteiger partial charge is 0.251 e. The first-order valence-corrected chi connectivity index (χ1v) is 11.3. The minimum Gasteiger partial charge on any atom is -0.379 e. The van der Waals surface area contributed by atoms with Crippen LogP contribution in [0.2, 0.25) is 0 Å². The van der Waals surface area contributed by atoms with Crippen molar-refractivity contribution in [2.75, 3.05) is 26.3 Å². The van der Waals surface area contributed by atoms with Crippen LogP contribution >= 0.6 is 0 Å². The van der Waals surface area contributed by atoms with Crippen LogP contribution in [0.4, 0.5) is 0 Å². The average molecular weight is 417 g/mol. The minimum absolute atomic E-state index is 0.131. The fourth-order valence-corrected chi connectivity index (χ4v) is 4.83. The fourth-order valence-electron chi connectivity index (χ4n) is 3.38. The Kier molecular flexibility index (Phi) is 6.72. The van der Waals surface area contributed by atoms with Gasteiger partial charge in [-0.2, -0.15) is 4.31 Å². The van der Waals surface area contributed by atoms with Crippen molar-refractivity contribution in [3.63, 3.8) is 0 Å². The van der Waals surface area contributed by atoms with E-state index in [1.807, 2.05) is 19.9 Å². The summed E-state index contributed by atoms with van der Waals surface area (Å²) in [6.07, 6.45) is 0.736. The molecule has 1 fully saturated rings. The van der Waals surface area contributed by atoms with Crippen molar-refractivity contribution in [2.45, 2.75) is 38.1 Å². The van der Waals surface area contributed by atoms with Crippen molar-refractivity contribution in [2.24, 2.45) is 0 Å². The van der Waals surface area contributed by atoms with Gasteiger partial charge in [0.1, 0.15) is 0 Å². The van der Waals surface area contributed by atoms with Crippen LogP contribution in [-0.4, -0.2) is 44.9 Å². The number of rotatable bonds is 6. The number of hydrogen-bond donors (Lipinski definition) is 1. The normalized spacial score (nSPS) is 16.4. The summed E-state index contributed by atoms with van der Waals surface area (Å²) in [6.45, 7) is 7.53. The summed E-state index contributed by atoms with van der Waals surface area (Å²) >= 11 is 0. The molecule has 1 aliphatic rings. The third-order valence-electron chi connectivity index (χ3n) is 5.35. The number of aryl methyl sites for hydroxylation is 2. The molecule has 156 valence electrons. The lowest BCUT2D eigenvalue weighted by molar-refractivity contribution is 0.0730. The van der Waals surface area contributed by atoms with Gasteiger partial charge < -0.3 is 10.1 Å². The zero-order chi connectivity index (χ0) is 21.0. The van der Waals surface area contributed by atoms with Crippen LogP contribution in [-0.2, 0) is 14.8 Å². The number of morpholine rings is 1. The van der Waals surface area contributed by atoms with Crippen LogP contribution in [0, 0.1) is 13.8 Å². The Hall–Kier alpha value is -2.22. The maximum Gasteiger partial charge on any atom is 0.251 e. The van der Waals surface area contributed by atoms with Crippen LogP contribution < -0.4 is 5.32 Å². The third-order valence-corrected chi connectivity index (χ3v) is 7.25. The fraction of sp³-hybridized carbons (Fsp3) is 0.409. The standard InChI is InChI=1S/C22H28N2O4S/c1-4-21(18-9-8-16(2)17(3)14-18)23-22(25)19-6-5-7-20(15-19)29(26,27)24-10-12-28-13-11-24/h5-9,14-15,21H,4,10-13H2,1-3H3,(H,23,25). The van der Waals surface area contributed by atoms with Crippen molar-refractivity contribution in [3.05, 3.63) is 64.7 Å². The molecule has 1 atom stereocenters. The molecule has 0 saturated carbocycles. The first kappa shape index (κ1) is 21.5. The molecule has 0 spiro atoms. The highest BCUT2D eigenvalue weighted by Gasteiger charge is 2.27. The highest BCUT2D eigenvalue weighted by molar-refractivity contribution is 7.89. The van der Waals surface area contributed by atoms with E-state index >= 15 is 0 Å². The number of nitrogens with zero attached hydrogens (tertiary/aromatic N) is 1. The summed E-state index contributed by atoms with van der Waals surface area (Å²) in [4.78, 5) is 13.0. The number of benzene rings is 2. The van der Waals surface area contributed by atoms with Gasteiger partial charge in [-0.05, 0) is 55.2 Å². The zero-order valence-corrected chi connectivity index (χ0v) is 18.0. The summed E-state index contributed by atoms with van der Waals surface area (Å²) in [5, 5.41) is 3.04. The number of amides is 1. The molecule has 3 rings (SSSR count). The van der Waals surface area contributed by atoms with Crippen LogP contribution in [0.3, 0.4) is 0 Å². The monoisotopic (exact) mass is 416 g/mol. The van der Waals surface area contributed by atoms with Crippen molar-refractivity contribution in [3.8, 4) is 0 Å². The van der Waals surface area contributed by atoms with Gasteiger partial charge in [0.15, 0.2) is 0 Å². The molecule has 1 amide bonds. The van der Waals surface area contributed by atoms with E-state index in [1.54, 1.807) is 12.1 Å². The van der Waals surface area contributed by atoms with E-state index in [-0.39, 0.29) is 16.8 Å². The van der Waals surface area contributed by atoms with Crippen molar-refractivity contribution in [1.82, 2.24) is 9.62 Å². The molecule has 1 unspecified atom stereocenters. The van der Waals surface area contributed by atoms with Crippen molar-refractivity contribution >= 4 is 15.9 Å². The molecule has 2 aromatic rings. The zero-order valence-electron chi connectivity index (χ0n) is 17.1. The van der Waals surface area contributed by atoms with Crippen molar-refractivity contribution < 1.29 is 17.9 Å². The van der Waals surface area contributed by atoms with Gasteiger partial charge in [0.25, 0.3) is 5.91 Å². The maximum absolute atomic E-state index is 12.9. The summed E-state index contributed by atoms with van der Waals surface area (Å²) in [5.74, 6) is -0.283. The van der Waals surface area contributed by atoms with Gasteiger partial charge >= 0.3 is 0 Å². The van der Waals surface area contributed by atoms with Crippen LogP contribution in [0.5, 0.6) is 0 Å². The molecule has 1 saturated heterocycles. The Balaban J connectivity index is 1.80. The van der Waals surface area contributed by atoms with E-state index in [2.05, 4.69) is 24.4 Å². The molecular weight excluding hydrogens is 388 g/mol. The number of nitrogens with one attached hydrogen (secondary N) is 1. The van der Waals surface area contributed by atoms with Crippen LogP contribution in [0.25, 0.3) is 0 Å². The van der Waals surface area contributed by atoms with E-state index in [9.17, 15) is 13.2 Å². The summed E-state index contributed by atoms with van der Waals surface area (Å²) in [5.41, 5.74) is 3.76. The first-order valence-electron chi connectivity index (χ1n) is 9.89. The Morgan fingerprint density at radius 2 is 1.83 bits per heavy atom. The lowest BCUT2D eigenvalue weighted by Crippen LogP contribution is -2.40. The highest BCUT2D eigenvalue weighted by atomic mass is 32.2. The van der Waals surface area contributed by atoms with Gasteiger partial charge in [0.2, 0.25) is 10.0 Å². The second-order valence-corrected chi connectivity index (χ2v) is 9.26. The van der Waals surface area contributed by atoms with Gasteiger partial charge in [0.05, 0.1) is 24.2 Å². The van der Waals surface area contributed by atoms with Gasteiger partial charge in [-0.1, -0.05) is 31.2 Å². The topological polar surface area (TPSA) is 75.7 Å². The number of hydrogen-bond acceptors (Lipinski definition) is 4. The van der Waals surface area contributed by atoms with E-state index < -0.39 is 10.0 Å². The first-order chi connectivity index (χ1) is 13.8. The van der Waals surface area contributed by atoms with Crippen molar-refractivity contribution in [1.29, 1.82) is 0 Å². The molecule has 7 heteroatoms. The summed E-state index contributed by atoms with van der Waals surface area (Å²) in [7, 11) is -3.64. The average Bonchev–Trinajstić information content (AvgIpc) is 2.74. The number of carbonyl (C=O) groups excluding carboxylic acids is 1. The predicted octanol–water partition coefficient (Wildman–Crippen LogP) is 3.21. The summed E-state index contributed by atoms with van der Waals surface area (Å²) in [6, 6.07) is 12.3. The van der Waals surface area contributed by atoms with E-state index in [0.717, 1.165) is 12.0 Å². The molecule has 1 N–H and O–H groups in total. The second kappa shape index (κ2) is 9.07. The maximum atomic E-state index is 12.9. The molecular formula is C22H28N2O4S. The molecule has 29 heavy (non-hydrogen) atoms. The van der Waals surface area contributed by atoms with Gasteiger partial charge in [0, 0.05) is 18.7 Å². The van der Waals surface area contributed by atoms with Crippen LogP contribution in [0.15, 0.2) is 47.4 Å². The van der Waals surface area contributed by atoms with Gasteiger partial charge in [-0.25, -0.2) is 8.42 Å². The van der Waals surface area contributed by atoms with E-state index in [4.69, 9.17) is 4.74 Å². The molecule has 1 aliphatic heterocycles. The van der Waals surface area contributed by atoms with Crippen LogP contribution in [0.1, 0.15) is 46.4 Å². The number of sulfonamides is 1. The molecule has 2 aromatic carbocycles. The second-order valence-electron chi connectivity index (χ2n) is 7.32. The number of ether oxygens (including phenoxy) is 1. The molecule has 0 aromatic heterocycles. The largest absolute Gasteiger partial charge is 0.379 e. The molecule has 1 heterocycles. The van der Waals surface area contributed by atoms with E-state index in [0.29, 0.717) is 31.9 Å².